The minimum Gasteiger partial charge on any atom is -0.480 e. The third kappa shape index (κ3) is 3.64. The van der Waals surface area contributed by atoms with Crippen LogP contribution in [0.1, 0.15) is 6.92 Å². The van der Waals surface area contributed by atoms with Crippen LogP contribution < -0.4 is 5.32 Å². The smallest absolute Gasteiger partial charge is 0.327 e. The second-order valence-corrected chi connectivity index (χ2v) is 4.97. The van der Waals surface area contributed by atoms with Crippen LogP contribution >= 0.6 is 11.8 Å². The summed E-state index contributed by atoms with van der Waals surface area (Å²) in [6, 6.07) is 6.29. The molecule has 20 heavy (non-hydrogen) atoms. The van der Waals surface area contributed by atoms with Gasteiger partial charge >= 0.3 is 5.97 Å². The number of aliphatic carboxylic acids is 1. The maximum atomic E-state index is 11.0. The van der Waals surface area contributed by atoms with Crippen molar-refractivity contribution >= 4 is 34.7 Å². The molecule has 2 N–H and O–H groups in total. The van der Waals surface area contributed by atoms with Crippen LogP contribution in [0.15, 0.2) is 29.4 Å². The Morgan fingerprint density at radius 3 is 2.65 bits per heavy atom. The zero-order valence-corrected chi connectivity index (χ0v) is 11.4. The maximum absolute atomic E-state index is 11.0. The number of carbonyl (C=O) groups is 2. The fourth-order valence-electron chi connectivity index (χ4n) is 1.50. The molecule has 1 amide bonds. The Morgan fingerprint density at radius 1 is 1.30 bits per heavy atom. The minimum absolute atomic E-state index is 0.134. The monoisotopic (exact) mass is 292 g/mol. The molecule has 0 fully saturated rings. The summed E-state index contributed by atoms with van der Waals surface area (Å²) in [4.78, 5) is 26.2. The zero-order valence-electron chi connectivity index (χ0n) is 10.6. The van der Waals surface area contributed by atoms with Gasteiger partial charge < -0.3 is 10.4 Å². The van der Waals surface area contributed by atoms with E-state index in [1.165, 1.54) is 6.92 Å². The van der Waals surface area contributed by atoms with Crippen molar-refractivity contribution in [1.29, 1.82) is 0 Å². The van der Waals surface area contributed by atoms with E-state index >= 15 is 0 Å². The summed E-state index contributed by atoms with van der Waals surface area (Å²) in [6.45, 7) is 1.27. The molecule has 2 aromatic rings. The molecule has 1 atom stereocenters. The van der Waals surface area contributed by atoms with E-state index in [1.807, 2.05) is 12.1 Å². The fraction of sp³-hybridized carbons (Fsp3) is 0.250. The molecule has 1 unspecified atom stereocenters. The highest BCUT2D eigenvalue weighted by Gasteiger charge is 2.19. The van der Waals surface area contributed by atoms with Crippen molar-refractivity contribution in [1.82, 2.24) is 20.5 Å². The zero-order chi connectivity index (χ0) is 14.5. The summed E-state index contributed by atoms with van der Waals surface area (Å²) in [6.07, 6.45) is 0. The first-order valence-corrected chi connectivity index (χ1v) is 6.77. The van der Waals surface area contributed by atoms with Crippen LogP contribution in [0.2, 0.25) is 0 Å². The molecule has 0 aliphatic rings. The van der Waals surface area contributed by atoms with Gasteiger partial charge in [-0.3, -0.25) is 4.79 Å². The number of carboxylic acid groups (broad SMARTS) is 1. The van der Waals surface area contributed by atoms with Crippen LogP contribution in [0.4, 0.5) is 0 Å². The van der Waals surface area contributed by atoms with Gasteiger partial charge in [0.1, 0.15) is 11.6 Å². The second-order valence-electron chi connectivity index (χ2n) is 3.99. The van der Waals surface area contributed by atoms with E-state index in [2.05, 4.69) is 20.5 Å². The van der Waals surface area contributed by atoms with Gasteiger partial charge in [0.05, 0.1) is 5.52 Å². The van der Waals surface area contributed by atoms with Gasteiger partial charge in [-0.2, -0.15) is 0 Å². The fourth-order valence-corrected chi connectivity index (χ4v) is 2.31. The molecule has 1 aromatic heterocycles. The third-order valence-corrected chi connectivity index (χ3v) is 3.33. The van der Waals surface area contributed by atoms with Gasteiger partial charge in [0.25, 0.3) is 0 Å². The number of carbonyl (C=O) groups excluding carboxylic acids is 1. The summed E-state index contributed by atoms with van der Waals surface area (Å²) < 4.78 is 0. The Bertz CT molecular complexity index is 649. The van der Waals surface area contributed by atoms with Crippen LogP contribution in [-0.4, -0.2) is 44.0 Å². The van der Waals surface area contributed by atoms with Gasteiger partial charge in [0.2, 0.25) is 11.1 Å². The highest BCUT2D eigenvalue weighted by Crippen LogP contribution is 2.16. The molecule has 0 saturated carbocycles. The van der Waals surface area contributed by atoms with E-state index in [0.717, 1.165) is 11.8 Å². The molecule has 7 nitrogen and oxygen atoms in total. The Kier molecular flexibility index (Phi) is 4.46. The van der Waals surface area contributed by atoms with Crippen molar-refractivity contribution in [2.75, 3.05) is 5.75 Å². The van der Waals surface area contributed by atoms with Crippen molar-refractivity contribution in [2.24, 2.45) is 0 Å². The third-order valence-electron chi connectivity index (χ3n) is 2.40. The van der Waals surface area contributed by atoms with Crippen LogP contribution in [0.5, 0.6) is 0 Å². The summed E-state index contributed by atoms with van der Waals surface area (Å²) in [5.41, 5.74) is 1.37. The van der Waals surface area contributed by atoms with Crippen LogP contribution in [0, 0.1) is 0 Å². The predicted octanol–water partition coefficient (Wildman–Crippen LogP) is 0.706. The molecule has 0 spiro atoms. The SMILES string of the molecule is CC(=O)NC(CSc1nnc2ccccc2n1)C(=O)O. The van der Waals surface area contributed by atoms with Gasteiger partial charge in [-0.1, -0.05) is 23.9 Å². The molecule has 1 heterocycles. The highest BCUT2D eigenvalue weighted by atomic mass is 32.2. The van der Waals surface area contributed by atoms with Gasteiger partial charge in [0.15, 0.2) is 0 Å². The summed E-state index contributed by atoms with van der Waals surface area (Å²) in [5.74, 6) is -1.36. The van der Waals surface area contributed by atoms with Gasteiger partial charge in [-0.15, -0.1) is 10.2 Å². The summed E-state index contributed by atoms with van der Waals surface area (Å²) in [5, 5.41) is 19.6. The molecule has 0 bridgehead atoms. The first-order valence-electron chi connectivity index (χ1n) is 5.78. The Morgan fingerprint density at radius 2 is 2.00 bits per heavy atom. The number of benzene rings is 1. The van der Waals surface area contributed by atoms with E-state index in [0.29, 0.717) is 16.2 Å². The summed E-state index contributed by atoms with van der Waals surface area (Å²) >= 11 is 1.13. The minimum atomic E-state index is -1.10. The van der Waals surface area contributed by atoms with Crippen molar-refractivity contribution in [2.45, 2.75) is 18.1 Å². The van der Waals surface area contributed by atoms with E-state index in [4.69, 9.17) is 5.11 Å². The number of rotatable bonds is 5. The lowest BCUT2D eigenvalue weighted by Gasteiger charge is -2.11. The van der Waals surface area contributed by atoms with E-state index in [1.54, 1.807) is 12.1 Å². The molecule has 2 rings (SSSR count). The number of hydrogen-bond acceptors (Lipinski definition) is 6. The lowest BCUT2D eigenvalue weighted by molar-refractivity contribution is -0.140. The number of carboxylic acids is 1. The molecule has 0 aliphatic heterocycles. The average molecular weight is 292 g/mol. The lowest BCUT2D eigenvalue weighted by Crippen LogP contribution is -2.41. The van der Waals surface area contributed by atoms with Gasteiger partial charge in [-0.25, -0.2) is 9.78 Å². The number of nitrogens with zero attached hydrogens (tertiary/aromatic N) is 3. The predicted molar refractivity (Wildman–Crippen MR) is 73.3 cm³/mol. The van der Waals surface area contributed by atoms with E-state index < -0.39 is 17.9 Å². The molecule has 8 heteroatoms. The van der Waals surface area contributed by atoms with Crippen LogP contribution in [-0.2, 0) is 9.59 Å². The van der Waals surface area contributed by atoms with E-state index in [9.17, 15) is 9.59 Å². The molecule has 104 valence electrons. The van der Waals surface area contributed by atoms with Crippen molar-refractivity contribution in [3.05, 3.63) is 24.3 Å². The Labute approximate surface area is 118 Å². The van der Waals surface area contributed by atoms with Gasteiger partial charge in [0, 0.05) is 12.7 Å². The lowest BCUT2D eigenvalue weighted by atomic mass is 10.3. The maximum Gasteiger partial charge on any atom is 0.327 e. The first-order chi connectivity index (χ1) is 9.56. The first kappa shape index (κ1) is 14.2. The Hall–Kier alpha value is -2.22. The molecule has 0 radical (unpaired) electrons. The standard InChI is InChI=1S/C12H12N4O3S/c1-7(17)13-10(11(18)19)6-20-12-14-8-4-2-3-5-9(8)15-16-12/h2-5,10H,6H2,1H3,(H,13,17)(H,18,19). The topological polar surface area (TPSA) is 105 Å². The highest BCUT2D eigenvalue weighted by molar-refractivity contribution is 7.99. The normalized spacial score (nSPS) is 12.1. The number of amides is 1. The number of fused-ring (bicyclic) bond motifs is 1. The molecule has 0 aliphatic carbocycles. The number of hydrogen-bond donors (Lipinski definition) is 2. The number of thioether (sulfide) groups is 1. The van der Waals surface area contributed by atoms with Crippen molar-refractivity contribution < 1.29 is 14.7 Å². The number of para-hydroxylation sites is 1. The van der Waals surface area contributed by atoms with Crippen LogP contribution in [0.3, 0.4) is 0 Å². The molecule has 0 saturated heterocycles. The average Bonchev–Trinajstić information content (AvgIpc) is 2.42. The Balaban J connectivity index is 2.07. The number of aromatic nitrogens is 3. The quantitative estimate of drug-likeness (QED) is 0.782. The van der Waals surface area contributed by atoms with Gasteiger partial charge in [-0.05, 0) is 12.1 Å². The van der Waals surface area contributed by atoms with Crippen LogP contribution in [0.25, 0.3) is 11.0 Å². The summed E-state index contributed by atoms with van der Waals surface area (Å²) in [7, 11) is 0. The van der Waals surface area contributed by atoms with E-state index in [-0.39, 0.29) is 5.75 Å². The van der Waals surface area contributed by atoms with Crippen molar-refractivity contribution in [3.8, 4) is 0 Å². The largest absolute Gasteiger partial charge is 0.480 e. The molecule has 1 aromatic carbocycles. The number of nitrogens with one attached hydrogen (secondary N) is 1. The van der Waals surface area contributed by atoms with Crippen molar-refractivity contribution in [3.63, 3.8) is 0 Å². The second kappa shape index (κ2) is 6.29. The molecular weight excluding hydrogens is 280 g/mol. The molecular formula is C12H12N4O3S.